The van der Waals surface area contributed by atoms with E-state index in [1.165, 1.54) is 23.2 Å². The van der Waals surface area contributed by atoms with Gasteiger partial charge < -0.3 is 19.4 Å². The molecule has 3 aromatic rings. The summed E-state index contributed by atoms with van der Waals surface area (Å²) in [6, 6.07) is 12.2. The Labute approximate surface area is 184 Å². The average molecular weight is 439 g/mol. The van der Waals surface area contributed by atoms with Crippen LogP contribution in [0.25, 0.3) is 11.3 Å². The van der Waals surface area contributed by atoms with Crippen LogP contribution in [-0.2, 0) is 20.7 Å². The minimum absolute atomic E-state index is 0.0159. The molecule has 0 radical (unpaired) electrons. The van der Waals surface area contributed by atoms with E-state index in [2.05, 4.69) is 10.3 Å². The molecule has 32 heavy (non-hydrogen) atoms. The van der Waals surface area contributed by atoms with Gasteiger partial charge in [0.05, 0.1) is 12.6 Å². The number of amides is 2. The van der Waals surface area contributed by atoms with E-state index < -0.39 is 18.5 Å². The summed E-state index contributed by atoms with van der Waals surface area (Å²) in [5.41, 5.74) is 1.64. The summed E-state index contributed by atoms with van der Waals surface area (Å²) in [5.74, 6) is -0.776. The van der Waals surface area contributed by atoms with Crippen LogP contribution in [0.1, 0.15) is 22.7 Å². The van der Waals surface area contributed by atoms with E-state index in [9.17, 15) is 18.8 Å². The molecule has 9 heteroatoms. The SMILES string of the molecule is CN(C)C(=O)c1ccc(NC(=O)COC(=O)CCc2ncc(-c3ccc(F)cc3)o2)cc1. The molecule has 0 aliphatic rings. The average Bonchev–Trinajstić information content (AvgIpc) is 3.26. The number of aryl methyl sites for hydroxylation is 1. The van der Waals surface area contributed by atoms with Crippen LogP contribution < -0.4 is 5.32 Å². The van der Waals surface area contributed by atoms with E-state index in [1.54, 1.807) is 50.5 Å². The zero-order chi connectivity index (χ0) is 23.1. The van der Waals surface area contributed by atoms with Gasteiger partial charge in [-0.3, -0.25) is 14.4 Å². The molecule has 0 fully saturated rings. The van der Waals surface area contributed by atoms with Gasteiger partial charge in [0.25, 0.3) is 11.8 Å². The lowest BCUT2D eigenvalue weighted by atomic mass is 10.2. The Hall–Kier alpha value is -4.01. The van der Waals surface area contributed by atoms with Crippen molar-refractivity contribution < 1.29 is 27.9 Å². The molecule has 8 nitrogen and oxygen atoms in total. The fourth-order valence-corrected chi connectivity index (χ4v) is 2.75. The first-order chi connectivity index (χ1) is 15.3. The fraction of sp³-hybridized carbons (Fsp3) is 0.217. The third-order valence-corrected chi connectivity index (χ3v) is 4.41. The van der Waals surface area contributed by atoms with Crippen molar-refractivity contribution >= 4 is 23.5 Å². The van der Waals surface area contributed by atoms with Gasteiger partial charge in [0.2, 0.25) is 0 Å². The molecule has 0 aliphatic carbocycles. The number of halogens is 1. The second-order valence-corrected chi connectivity index (χ2v) is 7.11. The summed E-state index contributed by atoms with van der Waals surface area (Å²) < 4.78 is 23.5. The van der Waals surface area contributed by atoms with Gasteiger partial charge >= 0.3 is 5.97 Å². The molecule has 0 saturated carbocycles. The quantitative estimate of drug-likeness (QED) is 0.541. The summed E-state index contributed by atoms with van der Waals surface area (Å²) in [6.07, 6.45) is 1.68. The lowest BCUT2D eigenvalue weighted by Crippen LogP contribution is -2.22. The number of hydrogen-bond donors (Lipinski definition) is 1. The van der Waals surface area contributed by atoms with Crippen molar-refractivity contribution in [3.05, 3.63) is 72.0 Å². The second-order valence-electron chi connectivity index (χ2n) is 7.11. The number of hydrogen-bond acceptors (Lipinski definition) is 6. The van der Waals surface area contributed by atoms with Crippen molar-refractivity contribution in [2.75, 3.05) is 26.0 Å². The Morgan fingerprint density at radius 2 is 1.75 bits per heavy atom. The van der Waals surface area contributed by atoms with Crippen LogP contribution in [0.15, 0.2) is 59.1 Å². The van der Waals surface area contributed by atoms with Crippen molar-refractivity contribution in [2.45, 2.75) is 12.8 Å². The summed E-state index contributed by atoms with van der Waals surface area (Å²) in [7, 11) is 3.30. The number of benzene rings is 2. The molecule has 0 aliphatic heterocycles. The number of esters is 1. The lowest BCUT2D eigenvalue weighted by Gasteiger charge is -2.11. The fourth-order valence-electron chi connectivity index (χ4n) is 2.75. The smallest absolute Gasteiger partial charge is 0.306 e. The van der Waals surface area contributed by atoms with E-state index in [1.807, 2.05) is 0 Å². The third kappa shape index (κ3) is 6.24. The van der Waals surface area contributed by atoms with Crippen LogP contribution in [0.3, 0.4) is 0 Å². The monoisotopic (exact) mass is 439 g/mol. The highest BCUT2D eigenvalue weighted by Gasteiger charge is 2.12. The molecular weight excluding hydrogens is 417 g/mol. The Morgan fingerprint density at radius 3 is 2.41 bits per heavy atom. The molecule has 1 N–H and O–H groups in total. The molecule has 1 heterocycles. The maximum absolute atomic E-state index is 13.0. The van der Waals surface area contributed by atoms with Crippen LogP contribution in [-0.4, -0.2) is 48.4 Å². The lowest BCUT2D eigenvalue weighted by molar-refractivity contribution is -0.147. The van der Waals surface area contributed by atoms with Gasteiger partial charge in [-0.25, -0.2) is 9.37 Å². The van der Waals surface area contributed by atoms with Crippen LogP contribution in [0.2, 0.25) is 0 Å². The van der Waals surface area contributed by atoms with Crippen molar-refractivity contribution in [3.8, 4) is 11.3 Å². The number of oxazole rings is 1. The molecule has 166 valence electrons. The number of rotatable bonds is 8. The standard InChI is InChI=1S/C23H22FN3O5/c1-27(2)23(30)16-5-9-18(10-6-16)26-20(28)14-31-22(29)12-11-21-25-13-19(32-21)15-3-7-17(24)8-4-15/h3-10,13H,11-12,14H2,1-2H3,(H,26,28). The van der Waals surface area contributed by atoms with E-state index in [-0.39, 0.29) is 24.6 Å². The first kappa shape index (κ1) is 22.7. The van der Waals surface area contributed by atoms with Crippen molar-refractivity contribution in [1.82, 2.24) is 9.88 Å². The molecular formula is C23H22FN3O5. The normalized spacial score (nSPS) is 10.5. The van der Waals surface area contributed by atoms with E-state index >= 15 is 0 Å². The minimum Gasteiger partial charge on any atom is -0.456 e. The topological polar surface area (TPSA) is 102 Å². The third-order valence-electron chi connectivity index (χ3n) is 4.41. The highest BCUT2D eigenvalue weighted by molar-refractivity contribution is 5.96. The Kier molecular flexibility index (Phi) is 7.33. The second kappa shape index (κ2) is 10.3. The maximum atomic E-state index is 13.0. The van der Waals surface area contributed by atoms with Crippen LogP contribution in [0.5, 0.6) is 0 Å². The molecule has 2 amide bonds. The predicted octanol–water partition coefficient (Wildman–Crippen LogP) is 3.30. The number of nitrogens with zero attached hydrogens (tertiary/aromatic N) is 2. The number of ether oxygens (including phenoxy) is 1. The molecule has 3 rings (SSSR count). The first-order valence-corrected chi connectivity index (χ1v) is 9.79. The van der Waals surface area contributed by atoms with Gasteiger partial charge in [-0.2, -0.15) is 0 Å². The number of carbonyl (C=O) groups is 3. The van der Waals surface area contributed by atoms with Gasteiger partial charge in [-0.05, 0) is 48.5 Å². The van der Waals surface area contributed by atoms with Crippen LogP contribution >= 0.6 is 0 Å². The van der Waals surface area contributed by atoms with Crippen LogP contribution in [0, 0.1) is 5.82 Å². The molecule has 0 spiro atoms. The van der Waals surface area contributed by atoms with E-state index in [0.29, 0.717) is 28.5 Å². The molecule has 0 unspecified atom stereocenters. The zero-order valence-corrected chi connectivity index (χ0v) is 17.6. The van der Waals surface area contributed by atoms with Gasteiger partial charge in [0, 0.05) is 37.3 Å². The number of nitrogens with one attached hydrogen (secondary N) is 1. The number of carbonyl (C=O) groups excluding carboxylic acids is 3. The predicted molar refractivity (Wildman–Crippen MR) is 114 cm³/mol. The first-order valence-electron chi connectivity index (χ1n) is 9.79. The summed E-state index contributed by atoms with van der Waals surface area (Å²) in [5, 5.41) is 2.59. The van der Waals surface area contributed by atoms with E-state index in [0.717, 1.165) is 0 Å². The Morgan fingerprint density at radius 1 is 1.06 bits per heavy atom. The van der Waals surface area contributed by atoms with Crippen molar-refractivity contribution in [2.24, 2.45) is 0 Å². The molecule has 0 atom stereocenters. The highest BCUT2D eigenvalue weighted by atomic mass is 19.1. The van der Waals surface area contributed by atoms with E-state index in [4.69, 9.17) is 9.15 Å². The number of anilines is 1. The van der Waals surface area contributed by atoms with Crippen molar-refractivity contribution in [1.29, 1.82) is 0 Å². The Balaban J connectivity index is 1.41. The van der Waals surface area contributed by atoms with Gasteiger partial charge in [-0.1, -0.05) is 0 Å². The molecule has 0 bridgehead atoms. The summed E-state index contributed by atoms with van der Waals surface area (Å²) >= 11 is 0. The Bertz CT molecular complexity index is 1090. The van der Waals surface area contributed by atoms with Crippen molar-refractivity contribution in [3.63, 3.8) is 0 Å². The van der Waals surface area contributed by atoms with Gasteiger partial charge in [0.15, 0.2) is 18.3 Å². The van der Waals surface area contributed by atoms with Crippen LogP contribution in [0.4, 0.5) is 10.1 Å². The highest BCUT2D eigenvalue weighted by Crippen LogP contribution is 2.21. The minimum atomic E-state index is -0.575. The largest absolute Gasteiger partial charge is 0.456 e. The van der Waals surface area contributed by atoms with Gasteiger partial charge in [-0.15, -0.1) is 0 Å². The summed E-state index contributed by atoms with van der Waals surface area (Å²) in [6.45, 7) is -0.441. The van der Waals surface area contributed by atoms with Gasteiger partial charge in [0.1, 0.15) is 5.82 Å². The summed E-state index contributed by atoms with van der Waals surface area (Å²) in [4.78, 5) is 41.3. The molecule has 2 aromatic carbocycles. The number of aromatic nitrogens is 1. The molecule has 0 saturated heterocycles. The maximum Gasteiger partial charge on any atom is 0.306 e. The molecule has 1 aromatic heterocycles. The zero-order valence-electron chi connectivity index (χ0n) is 17.6.